The third kappa shape index (κ3) is 5.39. The molecule has 0 fully saturated rings. The van der Waals surface area contributed by atoms with Crippen LogP contribution in [0.4, 0.5) is 0 Å². The van der Waals surface area contributed by atoms with Gasteiger partial charge >= 0.3 is 6.01 Å². The van der Waals surface area contributed by atoms with E-state index in [4.69, 9.17) is 9.47 Å². The fraction of sp³-hybridized carbons (Fsp3) is 0.471. The molecule has 1 heterocycles. The molecule has 1 aliphatic rings. The minimum absolute atomic E-state index is 0.140. The highest BCUT2D eigenvalue weighted by molar-refractivity contribution is 5.91. The Morgan fingerprint density at radius 2 is 2.22 bits per heavy atom. The number of methoxy groups -OCH3 is 2. The second-order valence-corrected chi connectivity index (χ2v) is 5.30. The van der Waals surface area contributed by atoms with Crippen LogP contribution in [0.2, 0.25) is 0 Å². The van der Waals surface area contributed by atoms with Gasteiger partial charge in [0.25, 0.3) is 0 Å². The van der Waals surface area contributed by atoms with Crippen LogP contribution in [0.5, 0.6) is 11.9 Å². The molecule has 0 radical (unpaired) electrons. The van der Waals surface area contributed by atoms with Crippen LogP contribution >= 0.6 is 0 Å². The number of hydrogen-bond acceptors (Lipinski definition) is 5. The molecule has 2 rings (SSSR count). The lowest BCUT2D eigenvalue weighted by Crippen LogP contribution is -2.22. The lowest BCUT2D eigenvalue weighted by molar-refractivity contribution is -0.116. The summed E-state index contributed by atoms with van der Waals surface area (Å²) in [7, 11) is 3.00. The minimum Gasteiger partial charge on any atom is -0.480 e. The smallest absolute Gasteiger partial charge is 0.319 e. The first-order chi connectivity index (χ1) is 11.2. The average Bonchev–Trinajstić information content (AvgIpc) is 2.60. The van der Waals surface area contributed by atoms with Gasteiger partial charge in [0.2, 0.25) is 11.8 Å². The molecular weight excluding hydrogens is 294 g/mol. The Hall–Kier alpha value is -2.37. The minimum atomic E-state index is -0.140. The Balaban J connectivity index is 1.84. The van der Waals surface area contributed by atoms with E-state index in [2.05, 4.69) is 21.4 Å². The highest BCUT2D eigenvalue weighted by Crippen LogP contribution is 2.20. The Bertz CT molecular complexity index is 597. The number of hydrogen-bond donors (Lipinski definition) is 1. The molecule has 1 aliphatic carbocycles. The van der Waals surface area contributed by atoms with Crippen molar-refractivity contribution in [2.45, 2.75) is 32.1 Å². The molecule has 6 nitrogen and oxygen atoms in total. The first-order valence-corrected chi connectivity index (χ1v) is 7.81. The van der Waals surface area contributed by atoms with Gasteiger partial charge in [0.1, 0.15) is 0 Å². The van der Waals surface area contributed by atoms with E-state index in [1.807, 2.05) is 0 Å². The summed E-state index contributed by atoms with van der Waals surface area (Å²) in [6.45, 7) is 0.658. The van der Waals surface area contributed by atoms with Crippen LogP contribution in [-0.2, 0) is 4.79 Å². The summed E-state index contributed by atoms with van der Waals surface area (Å²) in [5.74, 6) is 0.229. The fourth-order valence-electron chi connectivity index (χ4n) is 2.44. The van der Waals surface area contributed by atoms with E-state index in [1.54, 1.807) is 12.3 Å². The fourth-order valence-corrected chi connectivity index (χ4v) is 2.44. The lowest BCUT2D eigenvalue weighted by atomic mass is 9.97. The molecule has 6 heteroatoms. The van der Waals surface area contributed by atoms with Crippen LogP contribution in [0.1, 0.15) is 37.7 Å². The molecule has 124 valence electrons. The summed E-state index contributed by atoms with van der Waals surface area (Å²) in [6, 6.07) is 0.226. The molecule has 0 bridgehead atoms. The molecule has 23 heavy (non-hydrogen) atoms. The van der Waals surface area contributed by atoms with Gasteiger partial charge in [-0.3, -0.25) is 4.79 Å². The Kier molecular flexibility index (Phi) is 6.59. The van der Waals surface area contributed by atoms with Crippen molar-refractivity contribution < 1.29 is 14.3 Å². The predicted octanol–water partition coefficient (Wildman–Crippen LogP) is 2.51. The number of amides is 1. The Morgan fingerprint density at radius 3 is 2.91 bits per heavy atom. The zero-order valence-electron chi connectivity index (χ0n) is 13.7. The van der Waals surface area contributed by atoms with Gasteiger partial charge < -0.3 is 14.8 Å². The molecule has 0 saturated carbocycles. The van der Waals surface area contributed by atoms with E-state index >= 15 is 0 Å². The molecule has 1 N–H and O–H groups in total. The number of carbonyl (C=O) groups excluding carboxylic acids is 1. The van der Waals surface area contributed by atoms with E-state index in [0.29, 0.717) is 18.0 Å². The zero-order valence-corrected chi connectivity index (χ0v) is 13.7. The summed E-state index contributed by atoms with van der Waals surface area (Å²) in [6.07, 6.45) is 12.7. The first-order valence-electron chi connectivity index (χ1n) is 7.81. The summed E-state index contributed by atoms with van der Waals surface area (Å²) >= 11 is 0. The van der Waals surface area contributed by atoms with Crippen LogP contribution in [0.25, 0.3) is 6.08 Å². The summed E-state index contributed by atoms with van der Waals surface area (Å²) in [4.78, 5) is 19.9. The standard InChI is InChI=1S/C17H23N3O3/c1-22-16-14(12-19-17(20-16)23-2)8-9-15(21)18-11-10-13-6-4-3-5-7-13/h6,8-9,12H,3-5,7,10-11H2,1-2H3,(H,18,21)/b9-8+. The molecule has 1 aromatic heterocycles. The third-order valence-electron chi connectivity index (χ3n) is 3.68. The quantitative estimate of drug-likeness (QED) is 0.618. The normalized spacial score (nSPS) is 14.4. The number of nitrogens with zero attached hydrogens (tertiary/aromatic N) is 2. The van der Waals surface area contributed by atoms with Gasteiger partial charge in [-0.2, -0.15) is 4.98 Å². The van der Waals surface area contributed by atoms with Gasteiger partial charge in [-0.1, -0.05) is 11.6 Å². The summed E-state index contributed by atoms with van der Waals surface area (Å²) in [5, 5.41) is 2.89. The molecular formula is C17H23N3O3. The van der Waals surface area contributed by atoms with E-state index in [-0.39, 0.29) is 11.9 Å². The van der Waals surface area contributed by atoms with Crippen molar-refractivity contribution in [3.05, 3.63) is 29.5 Å². The number of nitrogens with one attached hydrogen (secondary N) is 1. The van der Waals surface area contributed by atoms with E-state index in [1.165, 1.54) is 45.1 Å². The lowest BCUT2D eigenvalue weighted by Gasteiger charge is -2.12. The molecule has 1 amide bonds. The maximum Gasteiger partial charge on any atom is 0.319 e. The van der Waals surface area contributed by atoms with Crippen LogP contribution in [0, 0.1) is 0 Å². The number of carbonyl (C=O) groups is 1. The van der Waals surface area contributed by atoms with Crippen molar-refractivity contribution in [1.29, 1.82) is 0 Å². The number of ether oxygens (including phenoxy) is 2. The van der Waals surface area contributed by atoms with Gasteiger partial charge in [-0.05, 0) is 38.2 Å². The first kappa shape index (κ1) is 17.0. The molecule has 0 atom stereocenters. The molecule has 0 unspecified atom stereocenters. The Morgan fingerprint density at radius 1 is 1.35 bits per heavy atom. The van der Waals surface area contributed by atoms with E-state index in [9.17, 15) is 4.79 Å². The van der Waals surface area contributed by atoms with Crippen LogP contribution < -0.4 is 14.8 Å². The van der Waals surface area contributed by atoms with Gasteiger partial charge in [-0.15, -0.1) is 0 Å². The van der Waals surface area contributed by atoms with Gasteiger partial charge in [0.15, 0.2) is 0 Å². The van der Waals surface area contributed by atoms with Crippen molar-refractivity contribution in [3.8, 4) is 11.9 Å². The predicted molar refractivity (Wildman–Crippen MR) is 88.3 cm³/mol. The SMILES string of the molecule is COc1ncc(/C=C/C(=O)NCCC2=CCCCC2)c(OC)n1. The van der Waals surface area contributed by atoms with Crippen LogP contribution in [0.3, 0.4) is 0 Å². The molecule has 0 aromatic carbocycles. The number of allylic oxidation sites excluding steroid dienone is 1. The zero-order chi connectivity index (χ0) is 16.5. The largest absolute Gasteiger partial charge is 0.480 e. The summed E-state index contributed by atoms with van der Waals surface area (Å²) in [5.41, 5.74) is 2.07. The molecule has 0 spiro atoms. The molecule has 0 aliphatic heterocycles. The van der Waals surface area contributed by atoms with Crippen molar-refractivity contribution >= 4 is 12.0 Å². The second kappa shape index (κ2) is 8.92. The highest BCUT2D eigenvalue weighted by atomic mass is 16.5. The Labute approximate surface area is 136 Å². The molecule has 1 aromatic rings. The van der Waals surface area contributed by atoms with Gasteiger partial charge in [0.05, 0.1) is 19.8 Å². The number of rotatable bonds is 7. The average molecular weight is 317 g/mol. The topological polar surface area (TPSA) is 73.3 Å². The van der Waals surface area contributed by atoms with Crippen molar-refractivity contribution in [2.24, 2.45) is 0 Å². The second-order valence-electron chi connectivity index (χ2n) is 5.30. The highest BCUT2D eigenvalue weighted by Gasteiger charge is 2.06. The maximum absolute atomic E-state index is 11.9. The van der Waals surface area contributed by atoms with E-state index in [0.717, 1.165) is 12.8 Å². The van der Waals surface area contributed by atoms with Crippen molar-refractivity contribution in [1.82, 2.24) is 15.3 Å². The third-order valence-corrected chi connectivity index (χ3v) is 3.68. The van der Waals surface area contributed by atoms with Crippen LogP contribution in [0.15, 0.2) is 23.9 Å². The number of aromatic nitrogens is 2. The van der Waals surface area contributed by atoms with Gasteiger partial charge in [-0.25, -0.2) is 4.98 Å². The van der Waals surface area contributed by atoms with Gasteiger partial charge in [0, 0.05) is 18.8 Å². The summed E-state index contributed by atoms with van der Waals surface area (Å²) < 4.78 is 10.1. The van der Waals surface area contributed by atoms with E-state index < -0.39 is 0 Å². The monoisotopic (exact) mass is 317 g/mol. The van der Waals surface area contributed by atoms with Crippen LogP contribution in [-0.4, -0.2) is 36.6 Å². The maximum atomic E-state index is 11.9. The molecule has 0 saturated heterocycles. The van der Waals surface area contributed by atoms with Crippen molar-refractivity contribution in [3.63, 3.8) is 0 Å². The van der Waals surface area contributed by atoms with Crippen molar-refractivity contribution in [2.75, 3.05) is 20.8 Å².